The maximum absolute atomic E-state index is 12.1. The largest absolute Gasteiger partial charge is 0.272 e. The number of carbonyl (C=O) groups is 1. The monoisotopic (exact) mass is 369 g/mol. The number of hydrogen-bond donors (Lipinski definition) is 1. The molecule has 3 aromatic rings. The van der Waals surface area contributed by atoms with Crippen molar-refractivity contribution in [3.05, 3.63) is 57.9 Å². The van der Waals surface area contributed by atoms with Crippen LogP contribution in [0.25, 0.3) is 10.9 Å². The van der Waals surface area contributed by atoms with Gasteiger partial charge in [0.05, 0.1) is 17.0 Å². The van der Waals surface area contributed by atoms with Crippen LogP contribution in [0.15, 0.2) is 52.6 Å². The number of rotatable bonds is 5. The summed E-state index contributed by atoms with van der Waals surface area (Å²) < 4.78 is 0. The molecule has 25 heavy (non-hydrogen) atoms. The van der Waals surface area contributed by atoms with E-state index in [2.05, 4.69) is 35.4 Å². The lowest BCUT2D eigenvalue weighted by Crippen LogP contribution is -2.21. The Bertz CT molecular complexity index is 941. The second-order valence-corrected chi connectivity index (χ2v) is 8.16. The second-order valence-electron chi connectivity index (χ2n) is 5.68. The third-order valence-corrected chi connectivity index (χ3v) is 5.75. The van der Waals surface area contributed by atoms with E-state index in [0.29, 0.717) is 5.75 Å². The van der Waals surface area contributed by atoms with Crippen molar-refractivity contribution in [1.29, 1.82) is 0 Å². The van der Waals surface area contributed by atoms with Crippen molar-refractivity contribution in [3.8, 4) is 0 Å². The third-order valence-electron chi connectivity index (χ3n) is 3.73. The quantitative estimate of drug-likeness (QED) is 0.408. The van der Waals surface area contributed by atoms with Crippen molar-refractivity contribution in [2.45, 2.75) is 25.7 Å². The molecule has 1 amide bonds. The molecule has 2 heterocycles. The van der Waals surface area contributed by atoms with E-state index < -0.39 is 0 Å². The molecule has 4 nitrogen and oxygen atoms in total. The average molecular weight is 370 g/mol. The molecule has 0 saturated heterocycles. The predicted octanol–water partition coefficient (Wildman–Crippen LogP) is 4.55. The van der Waals surface area contributed by atoms with Gasteiger partial charge < -0.3 is 0 Å². The summed E-state index contributed by atoms with van der Waals surface area (Å²) in [4.78, 5) is 20.0. The normalized spacial score (nSPS) is 11.7. The standard InChI is InChI=1S/C19H19N3OS2/c1-12-10-16(14(3)25-12)13(2)21-22-18(23)11-24-17-8-4-6-15-7-5-9-20-19(15)17/h4-10H,11H2,1-3H3,(H,22,23)/b21-13-. The number of amides is 1. The number of thioether (sulfide) groups is 1. The maximum Gasteiger partial charge on any atom is 0.250 e. The van der Waals surface area contributed by atoms with E-state index in [1.807, 2.05) is 37.3 Å². The van der Waals surface area contributed by atoms with Gasteiger partial charge in [0.25, 0.3) is 0 Å². The number of aromatic nitrogens is 1. The summed E-state index contributed by atoms with van der Waals surface area (Å²) in [5.41, 5.74) is 5.49. The molecule has 0 aliphatic rings. The SMILES string of the molecule is C/C(=N/NC(=O)CSc1cccc2cccnc12)c1cc(C)sc1C. The first-order valence-corrected chi connectivity index (χ1v) is 9.72. The van der Waals surface area contributed by atoms with Gasteiger partial charge in [-0.1, -0.05) is 18.2 Å². The zero-order valence-electron chi connectivity index (χ0n) is 14.4. The minimum atomic E-state index is -0.123. The summed E-state index contributed by atoms with van der Waals surface area (Å²) in [7, 11) is 0. The van der Waals surface area contributed by atoms with E-state index >= 15 is 0 Å². The Morgan fingerprint density at radius 2 is 2.08 bits per heavy atom. The molecule has 0 radical (unpaired) electrons. The minimum absolute atomic E-state index is 0.123. The summed E-state index contributed by atoms with van der Waals surface area (Å²) in [5, 5.41) is 5.31. The Kier molecular flexibility index (Phi) is 5.50. The highest BCUT2D eigenvalue weighted by Crippen LogP contribution is 2.26. The van der Waals surface area contributed by atoms with Gasteiger partial charge in [-0.05, 0) is 39.0 Å². The first kappa shape index (κ1) is 17.6. The van der Waals surface area contributed by atoms with Crippen LogP contribution in [0.3, 0.4) is 0 Å². The van der Waals surface area contributed by atoms with Crippen LogP contribution < -0.4 is 5.43 Å². The number of pyridine rings is 1. The number of hydrazone groups is 1. The van der Waals surface area contributed by atoms with Crippen molar-refractivity contribution < 1.29 is 4.79 Å². The van der Waals surface area contributed by atoms with Crippen LogP contribution in [-0.2, 0) is 4.79 Å². The zero-order valence-corrected chi connectivity index (χ0v) is 16.0. The number of thiophene rings is 1. The van der Waals surface area contributed by atoms with Crippen molar-refractivity contribution in [2.75, 3.05) is 5.75 Å². The fourth-order valence-corrected chi connectivity index (χ4v) is 4.37. The van der Waals surface area contributed by atoms with Crippen molar-refractivity contribution in [3.63, 3.8) is 0 Å². The van der Waals surface area contributed by atoms with E-state index in [4.69, 9.17) is 0 Å². The van der Waals surface area contributed by atoms with E-state index in [1.165, 1.54) is 21.5 Å². The van der Waals surface area contributed by atoms with Crippen molar-refractivity contribution >= 4 is 45.6 Å². The Labute approximate surface area is 155 Å². The van der Waals surface area contributed by atoms with E-state index in [1.54, 1.807) is 17.5 Å². The lowest BCUT2D eigenvalue weighted by molar-refractivity contribution is -0.118. The lowest BCUT2D eigenvalue weighted by Gasteiger charge is -2.05. The summed E-state index contributed by atoms with van der Waals surface area (Å²) in [6, 6.07) is 12.0. The number of hydrogen-bond acceptors (Lipinski definition) is 5. The molecule has 6 heteroatoms. The number of fused-ring (bicyclic) bond motifs is 1. The molecule has 0 spiro atoms. The molecule has 1 aromatic carbocycles. The van der Waals surface area contributed by atoms with Gasteiger partial charge in [-0.3, -0.25) is 9.78 Å². The third kappa shape index (κ3) is 4.27. The molecule has 0 aliphatic heterocycles. The summed E-state index contributed by atoms with van der Waals surface area (Å²) >= 11 is 3.21. The van der Waals surface area contributed by atoms with E-state index in [0.717, 1.165) is 27.1 Å². The van der Waals surface area contributed by atoms with Crippen LogP contribution in [0, 0.1) is 13.8 Å². The number of para-hydroxylation sites is 1. The van der Waals surface area contributed by atoms with Crippen LogP contribution in [-0.4, -0.2) is 22.4 Å². The van der Waals surface area contributed by atoms with Gasteiger partial charge in [0, 0.05) is 31.8 Å². The molecular formula is C19H19N3OS2. The average Bonchev–Trinajstić information content (AvgIpc) is 2.96. The van der Waals surface area contributed by atoms with Gasteiger partial charge in [-0.2, -0.15) is 5.10 Å². The lowest BCUT2D eigenvalue weighted by atomic mass is 10.2. The molecule has 128 valence electrons. The van der Waals surface area contributed by atoms with Crippen molar-refractivity contribution in [1.82, 2.24) is 10.4 Å². The smallest absolute Gasteiger partial charge is 0.250 e. The van der Waals surface area contributed by atoms with E-state index in [-0.39, 0.29) is 5.91 Å². The molecule has 3 rings (SSSR count). The Hall–Kier alpha value is -2.18. The Balaban J connectivity index is 1.63. The van der Waals surface area contributed by atoms with Crippen LogP contribution in [0.5, 0.6) is 0 Å². The van der Waals surface area contributed by atoms with Gasteiger partial charge in [0.2, 0.25) is 5.91 Å². The molecule has 0 fully saturated rings. The molecule has 0 atom stereocenters. The number of benzene rings is 1. The number of nitrogens with one attached hydrogen (secondary N) is 1. The Morgan fingerprint density at radius 3 is 2.84 bits per heavy atom. The maximum atomic E-state index is 12.1. The number of nitrogens with zero attached hydrogens (tertiary/aromatic N) is 2. The summed E-state index contributed by atoms with van der Waals surface area (Å²) in [6.45, 7) is 6.05. The summed E-state index contributed by atoms with van der Waals surface area (Å²) in [5.74, 6) is 0.176. The predicted molar refractivity (Wildman–Crippen MR) is 107 cm³/mol. The fourth-order valence-electron chi connectivity index (χ4n) is 2.56. The Morgan fingerprint density at radius 1 is 1.28 bits per heavy atom. The second kappa shape index (κ2) is 7.80. The first-order valence-electron chi connectivity index (χ1n) is 7.91. The van der Waals surface area contributed by atoms with Gasteiger partial charge >= 0.3 is 0 Å². The molecule has 0 unspecified atom stereocenters. The van der Waals surface area contributed by atoms with Gasteiger partial charge in [-0.15, -0.1) is 23.1 Å². The van der Waals surface area contributed by atoms with Crippen LogP contribution >= 0.6 is 23.1 Å². The number of aryl methyl sites for hydroxylation is 2. The topological polar surface area (TPSA) is 54.4 Å². The zero-order chi connectivity index (χ0) is 17.8. The van der Waals surface area contributed by atoms with Gasteiger partial charge in [0.1, 0.15) is 0 Å². The number of carbonyl (C=O) groups excluding carboxylic acids is 1. The highest BCUT2D eigenvalue weighted by atomic mass is 32.2. The minimum Gasteiger partial charge on any atom is -0.272 e. The highest BCUT2D eigenvalue weighted by molar-refractivity contribution is 8.00. The van der Waals surface area contributed by atoms with Crippen molar-refractivity contribution in [2.24, 2.45) is 5.10 Å². The first-order chi connectivity index (χ1) is 12.0. The molecular weight excluding hydrogens is 350 g/mol. The van der Waals surface area contributed by atoms with E-state index in [9.17, 15) is 4.79 Å². The molecule has 0 saturated carbocycles. The van der Waals surface area contributed by atoms with Gasteiger partial charge in [0.15, 0.2) is 0 Å². The fraction of sp³-hybridized carbons (Fsp3) is 0.211. The molecule has 0 bridgehead atoms. The highest BCUT2D eigenvalue weighted by Gasteiger charge is 2.08. The summed E-state index contributed by atoms with van der Waals surface area (Å²) in [6.07, 6.45) is 1.77. The van der Waals surface area contributed by atoms with Crippen LogP contribution in [0.4, 0.5) is 0 Å². The van der Waals surface area contributed by atoms with Crippen LogP contribution in [0.2, 0.25) is 0 Å². The van der Waals surface area contributed by atoms with Gasteiger partial charge in [-0.25, -0.2) is 5.43 Å². The molecule has 0 aliphatic carbocycles. The van der Waals surface area contributed by atoms with Crippen LogP contribution in [0.1, 0.15) is 22.2 Å². The molecule has 2 aromatic heterocycles. The molecule has 1 N–H and O–H groups in total.